The number of aliphatic hydroxyl groups is 1. The quantitative estimate of drug-likeness (QED) is 0.340. The van der Waals surface area contributed by atoms with E-state index in [4.69, 9.17) is 0 Å². The van der Waals surface area contributed by atoms with Crippen LogP contribution in [0.15, 0.2) is 90.4 Å². The van der Waals surface area contributed by atoms with Crippen LogP contribution in [0, 0.1) is 0 Å². The second-order valence-corrected chi connectivity index (χ2v) is 10.4. The van der Waals surface area contributed by atoms with Crippen LogP contribution in [0.25, 0.3) is 39.0 Å². The molecule has 0 unspecified atom stereocenters. The van der Waals surface area contributed by atoms with Gasteiger partial charge >= 0.3 is 0 Å². The average molecular weight is 518 g/mol. The number of aromatic nitrogens is 4. The molecule has 0 bridgehead atoms. The number of benzene rings is 1. The lowest BCUT2D eigenvalue weighted by molar-refractivity contribution is 0.0738. The summed E-state index contributed by atoms with van der Waals surface area (Å²) in [6.07, 6.45) is 10.4. The molecule has 4 heterocycles. The van der Waals surface area contributed by atoms with Crippen LogP contribution >= 0.6 is 0 Å². The number of hydrogen-bond donors (Lipinski definition) is 2. The normalized spacial score (nSPS) is 13.4. The minimum Gasteiger partial charge on any atom is -0.384 e. The smallest absolute Gasteiger partial charge is 0.257 e. The zero-order chi connectivity index (χ0) is 27.1. The summed E-state index contributed by atoms with van der Waals surface area (Å²) >= 11 is 0. The maximum absolute atomic E-state index is 13.2. The van der Waals surface area contributed by atoms with E-state index in [9.17, 15) is 14.7 Å². The Morgan fingerprint density at radius 2 is 1.74 bits per heavy atom. The lowest BCUT2D eigenvalue weighted by Gasteiger charge is -2.16. The summed E-state index contributed by atoms with van der Waals surface area (Å²) in [5.41, 5.74) is 4.17. The van der Waals surface area contributed by atoms with Crippen molar-refractivity contribution in [2.24, 2.45) is 0 Å². The Balaban J connectivity index is 1.40. The molecule has 1 fully saturated rings. The Kier molecular flexibility index (Phi) is 6.04. The summed E-state index contributed by atoms with van der Waals surface area (Å²) in [7, 11) is 0. The maximum atomic E-state index is 13.2. The van der Waals surface area contributed by atoms with Gasteiger partial charge in [0.15, 0.2) is 0 Å². The van der Waals surface area contributed by atoms with Crippen molar-refractivity contribution in [1.29, 1.82) is 0 Å². The molecule has 1 aromatic carbocycles. The van der Waals surface area contributed by atoms with Gasteiger partial charge in [0.05, 0.1) is 11.1 Å². The van der Waals surface area contributed by atoms with Crippen LogP contribution in [0.5, 0.6) is 0 Å². The van der Waals surface area contributed by atoms with Gasteiger partial charge < -0.3 is 15.0 Å². The number of amides is 1. The van der Waals surface area contributed by atoms with E-state index in [2.05, 4.69) is 20.3 Å². The van der Waals surface area contributed by atoms with Crippen molar-refractivity contribution in [2.45, 2.75) is 38.3 Å². The van der Waals surface area contributed by atoms with Crippen LogP contribution in [0.1, 0.15) is 42.7 Å². The van der Waals surface area contributed by atoms with Crippen molar-refractivity contribution in [3.8, 4) is 27.9 Å². The summed E-state index contributed by atoms with van der Waals surface area (Å²) in [6.45, 7) is 3.40. The molecule has 8 heteroatoms. The van der Waals surface area contributed by atoms with Crippen molar-refractivity contribution in [3.05, 3.63) is 107 Å². The predicted molar refractivity (Wildman–Crippen MR) is 150 cm³/mol. The van der Waals surface area contributed by atoms with E-state index in [1.165, 1.54) is 0 Å². The van der Waals surface area contributed by atoms with Crippen LogP contribution < -0.4 is 10.7 Å². The van der Waals surface area contributed by atoms with Gasteiger partial charge in [-0.15, -0.1) is 0 Å². The Hall–Kier alpha value is -4.69. The van der Waals surface area contributed by atoms with Crippen molar-refractivity contribution in [2.75, 3.05) is 0 Å². The minimum atomic E-state index is -1.02. The number of fused-ring (bicyclic) bond motifs is 1. The van der Waals surface area contributed by atoms with E-state index >= 15 is 0 Å². The van der Waals surface area contributed by atoms with Crippen molar-refractivity contribution in [1.82, 2.24) is 24.8 Å². The molecule has 0 spiro atoms. The highest BCUT2D eigenvalue weighted by atomic mass is 16.3. The van der Waals surface area contributed by atoms with Crippen LogP contribution in [-0.2, 0) is 5.60 Å². The van der Waals surface area contributed by atoms with Gasteiger partial charge in [0, 0.05) is 59.4 Å². The lowest BCUT2D eigenvalue weighted by atomic mass is 10.0. The fourth-order valence-corrected chi connectivity index (χ4v) is 4.53. The van der Waals surface area contributed by atoms with Gasteiger partial charge in [-0.25, -0.2) is 4.98 Å². The molecule has 6 rings (SSSR count). The Morgan fingerprint density at radius 1 is 0.949 bits per heavy atom. The largest absolute Gasteiger partial charge is 0.384 e. The maximum Gasteiger partial charge on any atom is 0.257 e. The van der Waals surface area contributed by atoms with Crippen LogP contribution in [0.2, 0.25) is 0 Å². The molecule has 39 heavy (non-hydrogen) atoms. The van der Waals surface area contributed by atoms with Crippen molar-refractivity contribution >= 4 is 16.9 Å². The molecule has 194 valence electrons. The second-order valence-electron chi connectivity index (χ2n) is 10.4. The third-order valence-corrected chi connectivity index (χ3v) is 6.84. The van der Waals surface area contributed by atoms with Crippen molar-refractivity contribution < 1.29 is 9.90 Å². The van der Waals surface area contributed by atoms with E-state index in [1.807, 2.05) is 42.5 Å². The molecule has 1 amide bonds. The molecule has 1 aliphatic rings. The highest BCUT2D eigenvalue weighted by Gasteiger charge is 2.26. The molecular formula is C31H27N5O3. The van der Waals surface area contributed by atoms with E-state index < -0.39 is 5.60 Å². The molecule has 2 N–H and O–H groups in total. The summed E-state index contributed by atoms with van der Waals surface area (Å²) in [6, 6.07) is 17.1. The summed E-state index contributed by atoms with van der Waals surface area (Å²) < 4.78 is 1.79. The Labute approximate surface area is 225 Å². The fraction of sp³-hybridized carbons (Fsp3) is 0.194. The molecule has 0 saturated heterocycles. The monoisotopic (exact) mass is 517 g/mol. The highest BCUT2D eigenvalue weighted by molar-refractivity contribution is 5.97. The molecule has 0 atom stereocenters. The SMILES string of the molecule is CC(C)(O)c1ccc(-c2cncc(-c3cccc(-n4cc(C(=O)NC5CC5)c(=O)c5cccnc54)c3)c2)cn1. The standard InChI is InChI=1S/C31H27N5O3/c1-31(2,39)27-11-8-20(17-34-27)22-13-21(15-32-16-22)19-5-3-6-24(14-19)36-18-26(30(38)35-23-9-10-23)28(37)25-7-4-12-33-29(25)36/h3-8,11-18,23,39H,9-10H2,1-2H3,(H,35,38). The number of nitrogens with zero attached hydrogens (tertiary/aromatic N) is 4. The van der Waals surface area contributed by atoms with Gasteiger partial charge in [-0.1, -0.05) is 18.2 Å². The number of nitrogens with one attached hydrogen (secondary N) is 1. The van der Waals surface area contributed by atoms with Gasteiger partial charge in [-0.3, -0.25) is 19.6 Å². The highest BCUT2D eigenvalue weighted by Crippen LogP contribution is 2.28. The third kappa shape index (κ3) is 4.94. The summed E-state index contributed by atoms with van der Waals surface area (Å²) in [5.74, 6) is -0.362. The van der Waals surface area contributed by atoms with E-state index in [1.54, 1.807) is 61.5 Å². The zero-order valence-corrected chi connectivity index (χ0v) is 21.6. The summed E-state index contributed by atoms with van der Waals surface area (Å²) in [5, 5.41) is 13.5. The van der Waals surface area contributed by atoms with Crippen LogP contribution in [0.3, 0.4) is 0 Å². The molecule has 4 aromatic heterocycles. The molecule has 1 aliphatic carbocycles. The number of pyridine rings is 4. The van der Waals surface area contributed by atoms with Gasteiger partial charge in [0.1, 0.15) is 16.8 Å². The average Bonchev–Trinajstić information content (AvgIpc) is 3.77. The predicted octanol–water partition coefficient (Wildman–Crippen LogP) is 4.63. The van der Waals surface area contributed by atoms with Gasteiger partial charge in [0.2, 0.25) is 5.43 Å². The zero-order valence-electron chi connectivity index (χ0n) is 21.6. The molecule has 0 aliphatic heterocycles. The first-order valence-corrected chi connectivity index (χ1v) is 12.8. The van der Waals surface area contributed by atoms with E-state index in [0.29, 0.717) is 16.7 Å². The van der Waals surface area contributed by atoms with Gasteiger partial charge in [0.25, 0.3) is 5.91 Å². The Morgan fingerprint density at radius 3 is 2.46 bits per heavy atom. The number of hydrogen-bond acceptors (Lipinski definition) is 6. The first kappa shape index (κ1) is 24.6. The molecular weight excluding hydrogens is 490 g/mol. The van der Waals surface area contributed by atoms with Crippen molar-refractivity contribution in [3.63, 3.8) is 0 Å². The van der Waals surface area contributed by atoms with Gasteiger partial charge in [-0.05, 0) is 68.7 Å². The first-order chi connectivity index (χ1) is 18.8. The van der Waals surface area contributed by atoms with Crippen LogP contribution in [0.4, 0.5) is 0 Å². The van der Waals surface area contributed by atoms with E-state index in [-0.39, 0.29) is 22.9 Å². The Bertz CT molecular complexity index is 1770. The van der Waals surface area contributed by atoms with Gasteiger partial charge in [-0.2, -0.15) is 0 Å². The first-order valence-electron chi connectivity index (χ1n) is 12.8. The summed E-state index contributed by atoms with van der Waals surface area (Å²) in [4.78, 5) is 39.4. The van der Waals surface area contributed by atoms with Crippen LogP contribution in [-0.4, -0.2) is 36.6 Å². The second kappa shape index (κ2) is 9.56. The number of carbonyl (C=O) groups excluding carboxylic acids is 1. The lowest BCUT2D eigenvalue weighted by Crippen LogP contribution is -2.31. The number of rotatable bonds is 6. The molecule has 5 aromatic rings. The molecule has 8 nitrogen and oxygen atoms in total. The topological polar surface area (TPSA) is 110 Å². The molecule has 0 radical (unpaired) electrons. The fourth-order valence-electron chi connectivity index (χ4n) is 4.53. The molecule has 1 saturated carbocycles. The van der Waals surface area contributed by atoms with E-state index in [0.717, 1.165) is 40.8 Å². The minimum absolute atomic E-state index is 0.0958. The third-order valence-electron chi connectivity index (χ3n) is 6.84. The number of carbonyl (C=O) groups is 1.